The van der Waals surface area contributed by atoms with E-state index in [-0.39, 0.29) is 11.7 Å². The summed E-state index contributed by atoms with van der Waals surface area (Å²) in [4.78, 5) is 11.3. The van der Waals surface area contributed by atoms with E-state index in [1.54, 1.807) is 18.5 Å². The van der Waals surface area contributed by atoms with Crippen molar-refractivity contribution in [2.75, 3.05) is 0 Å². The quantitative estimate of drug-likeness (QED) is 0.612. The molecule has 1 aliphatic rings. The normalized spacial score (nSPS) is 15.4. The Morgan fingerprint density at radius 1 is 1.45 bits per heavy atom. The number of allylic oxidation sites excluding steroid dienone is 2. The van der Waals surface area contributed by atoms with Crippen LogP contribution >= 0.6 is 0 Å². The van der Waals surface area contributed by atoms with Crippen molar-refractivity contribution in [2.24, 2.45) is 5.92 Å². The first kappa shape index (κ1) is 7.85. The molecule has 0 saturated heterocycles. The lowest BCUT2D eigenvalue weighted by Crippen LogP contribution is -2.26. The second-order valence-corrected chi connectivity index (χ2v) is 2.74. The van der Waals surface area contributed by atoms with Crippen LogP contribution in [0.1, 0.15) is 13.8 Å². The molecule has 1 heterocycles. The number of rotatable bonds is 2. The van der Waals surface area contributed by atoms with Crippen LogP contribution in [-0.2, 0) is 4.79 Å². The predicted octanol–water partition coefficient (Wildman–Crippen LogP) is 0.717. The van der Waals surface area contributed by atoms with E-state index >= 15 is 0 Å². The predicted molar refractivity (Wildman–Crippen MR) is 43.3 cm³/mol. The minimum absolute atomic E-state index is 0.0609. The van der Waals surface area contributed by atoms with Gasteiger partial charge in [-0.1, -0.05) is 13.8 Å². The number of nitrogens with one attached hydrogen (secondary N) is 2. The van der Waals surface area contributed by atoms with Gasteiger partial charge in [-0.25, -0.2) is 0 Å². The van der Waals surface area contributed by atoms with E-state index in [4.69, 9.17) is 0 Å². The molecule has 60 valence electrons. The summed E-state index contributed by atoms with van der Waals surface area (Å²) in [6, 6.07) is 0. The van der Waals surface area contributed by atoms with E-state index < -0.39 is 0 Å². The molecule has 1 aliphatic heterocycles. The highest BCUT2D eigenvalue weighted by Crippen LogP contribution is 2.07. The number of Topliss-reactive ketones (excluding diaryl/α,β-unsaturated/α-hetero) is 1. The van der Waals surface area contributed by atoms with Crippen molar-refractivity contribution in [1.29, 1.82) is 0 Å². The smallest absolute Gasteiger partial charge is 0.166 e. The molecule has 11 heavy (non-hydrogen) atoms. The topological polar surface area (TPSA) is 41.1 Å². The van der Waals surface area contributed by atoms with Gasteiger partial charge in [0.05, 0.1) is 0 Å². The van der Waals surface area contributed by atoms with Crippen LogP contribution in [0, 0.1) is 5.92 Å². The van der Waals surface area contributed by atoms with Gasteiger partial charge in [-0.2, -0.15) is 0 Å². The minimum atomic E-state index is 0.0609. The number of carbonyl (C=O) groups is 1. The van der Waals surface area contributed by atoms with Crippen LogP contribution in [0.3, 0.4) is 0 Å². The highest BCUT2D eigenvalue weighted by atomic mass is 16.1. The molecule has 2 N–H and O–H groups in total. The molecule has 0 radical (unpaired) electrons. The Labute approximate surface area is 66.1 Å². The average molecular weight is 152 g/mol. The Hall–Kier alpha value is -1.25. The standard InChI is InChI=1S/C8H12N2O/c1-6(2)8(11)7-3-4-9-10-5-7/h3-6,9-10H,1-2H3. The monoisotopic (exact) mass is 152 g/mol. The highest BCUT2D eigenvalue weighted by molar-refractivity contribution is 5.99. The molecule has 0 aromatic heterocycles. The summed E-state index contributed by atoms with van der Waals surface area (Å²) >= 11 is 0. The summed E-state index contributed by atoms with van der Waals surface area (Å²) in [7, 11) is 0. The van der Waals surface area contributed by atoms with Crippen molar-refractivity contribution in [3.8, 4) is 0 Å². The van der Waals surface area contributed by atoms with E-state index in [0.717, 1.165) is 5.57 Å². The fourth-order valence-corrected chi connectivity index (χ4v) is 0.834. The Bertz CT molecular complexity index is 216. The van der Waals surface area contributed by atoms with E-state index in [9.17, 15) is 4.79 Å². The third kappa shape index (κ3) is 1.83. The molecule has 0 amide bonds. The Morgan fingerprint density at radius 3 is 2.64 bits per heavy atom. The zero-order chi connectivity index (χ0) is 8.27. The molecular weight excluding hydrogens is 140 g/mol. The number of hydrogen-bond donors (Lipinski definition) is 2. The minimum Gasteiger partial charge on any atom is -0.309 e. The van der Waals surface area contributed by atoms with Crippen molar-refractivity contribution in [3.63, 3.8) is 0 Å². The summed E-state index contributed by atoms with van der Waals surface area (Å²) in [6.07, 6.45) is 5.14. The van der Waals surface area contributed by atoms with Gasteiger partial charge in [-0.05, 0) is 6.08 Å². The van der Waals surface area contributed by atoms with Crippen molar-refractivity contribution in [3.05, 3.63) is 24.0 Å². The zero-order valence-electron chi connectivity index (χ0n) is 6.72. The van der Waals surface area contributed by atoms with E-state index in [1.807, 2.05) is 13.8 Å². The van der Waals surface area contributed by atoms with Crippen LogP contribution in [-0.4, -0.2) is 5.78 Å². The van der Waals surface area contributed by atoms with Crippen molar-refractivity contribution < 1.29 is 4.79 Å². The molecule has 0 aliphatic carbocycles. The van der Waals surface area contributed by atoms with Gasteiger partial charge in [0.25, 0.3) is 0 Å². The molecule has 0 unspecified atom stereocenters. The number of carbonyl (C=O) groups excluding carboxylic acids is 1. The maximum absolute atomic E-state index is 11.3. The second kappa shape index (κ2) is 3.23. The molecule has 0 fully saturated rings. The third-order valence-corrected chi connectivity index (χ3v) is 1.47. The van der Waals surface area contributed by atoms with Crippen LogP contribution < -0.4 is 10.9 Å². The first-order chi connectivity index (χ1) is 5.22. The van der Waals surface area contributed by atoms with E-state index in [2.05, 4.69) is 10.9 Å². The lowest BCUT2D eigenvalue weighted by atomic mass is 10.0. The van der Waals surface area contributed by atoms with Crippen LogP contribution in [0.4, 0.5) is 0 Å². The van der Waals surface area contributed by atoms with Gasteiger partial charge in [0, 0.05) is 23.9 Å². The molecule has 0 aromatic rings. The fourth-order valence-electron chi connectivity index (χ4n) is 0.834. The second-order valence-electron chi connectivity index (χ2n) is 2.74. The summed E-state index contributed by atoms with van der Waals surface area (Å²) in [5.41, 5.74) is 6.22. The maximum atomic E-state index is 11.3. The largest absolute Gasteiger partial charge is 0.309 e. The van der Waals surface area contributed by atoms with E-state index in [1.165, 1.54) is 0 Å². The first-order valence-corrected chi connectivity index (χ1v) is 3.64. The van der Waals surface area contributed by atoms with Crippen LogP contribution in [0.5, 0.6) is 0 Å². The zero-order valence-corrected chi connectivity index (χ0v) is 6.72. The van der Waals surface area contributed by atoms with Crippen molar-refractivity contribution >= 4 is 5.78 Å². The van der Waals surface area contributed by atoms with Crippen molar-refractivity contribution in [2.45, 2.75) is 13.8 Å². The van der Waals surface area contributed by atoms with Gasteiger partial charge in [0.2, 0.25) is 0 Å². The fraction of sp³-hybridized carbons (Fsp3) is 0.375. The summed E-state index contributed by atoms with van der Waals surface area (Å²) < 4.78 is 0. The molecule has 0 saturated carbocycles. The molecule has 0 bridgehead atoms. The van der Waals surface area contributed by atoms with E-state index in [0.29, 0.717) is 0 Å². The molecule has 0 atom stereocenters. The summed E-state index contributed by atoms with van der Waals surface area (Å²) in [5.74, 6) is 0.223. The number of ketones is 1. The summed E-state index contributed by atoms with van der Waals surface area (Å²) in [6.45, 7) is 3.78. The number of hydrogen-bond acceptors (Lipinski definition) is 3. The van der Waals surface area contributed by atoms with Gasteiger partial charge >= 0.3 is 0 Å². The first-order valence-electron chi connectivity index (χ1n) is 3.64. The van der Waals surface area contributed by atoms with Gasteiger partial charge in [-0.15, -0.1) is 0 Å². The van der Waals surface area contributed by atoms with Crippen LogP contribution in [0.25, 0.3) is 0 Å². The summed E-state index contributed by atoms with van der Waals surface area (Å²) in [5, 5.41) is 0. The number of hydrazine groups is 1. The highest BCUT2D eigenvalue weighted by Gasteiger charge is 2.11. The lowest BCUT2D eigenvalue weighted by Gasteiger charge is -2.10. The van der Waals surface area contributed by atoms with Gasteiger partial charge in [-0.3, -0.25) is 4.79 Å². The Balaban J connectivity index is 2.67. The Morgan fingerprint density at radius 2 is 2.18 bits per heavy atom. The van der Waals surface area contributed by atoms with Gasteiger partial charge < -0.3 is 10.9 Å². The third-order valence-electron chi connectivity index (χ3n) is 1.47. The average Bonchev–Trinajstić information content (AvgIpc) is 2.05. The SMILES string of the molecule is CC(C)C(=O)C1=CNNC=C1. The Kier molecular flexibility index (Phi) is 2.31. The molecule has 0 aromatic carbocycles. The lowest BCUT2D eigenvalue weighted by molar-refractivity contribution is -0.118. The van der Waals surface area contributed by atoms with Crippen LogP contribution in [0.15, 0.2) is 24.0 Å². The molecule has 3 heteroatoms. The maximum Gasteiger partial charge on any atom is 0.166 e. The molecule has 1 rings (SSSR count). The van der Waals surface area contributed by atoms with Crippen molar-refractivity contribution in [1.82, 2.24) is 10.9 Å². The van der Waals surface area contributed by atoms with Crippen LogP contribution in [0.2, 0.25) is 0 Å². The van der Waals surface area contributed by atoms with Gasteiger partial charge in [0.15, 0.2) is 5.78 Å². The van der Waals surface area contributed by atoms with Gasteiger partial charge in [0.1, 0.15) is 0 Å². The molecule has 0 spiro atoms. The molecular formula is C8H12N2O. The molecule has 3 nitrogen and oxygen atoms in total.